The molecule has 4 nitrogen and oxygen atoms in total. The van der Waals surface area contributed by atoms with Crippen LogP contribution in [-0.2, 0) is 0 Å². The molecular formula is C22H15Cl3N2O2. The lowest BCUT2D eigenvalue weighted by Crippen LogP contribution is -2.34. The second-order valence-corrected chi connectivity index (χ2v) is 8.27. The summed E-state index contributed by atoms with van der Waals surface area (Å²) < 4.78 is 6.25. The highest BCUT2D eigenvalue weighted by molar-refractivity contribution is 6.35. The first-order valence-corrected chi connectivity index (χ1v) is 10.2. The van der Waals surface area contributed by atoms with Gasteiger partial charge in [0.25, 0.3) is 0 Å². The zero-order valence-corrected chi connectivity index (χ0v) is 17.3. The first-order chi connectivity index (χ1) is 14.0. The van der Waals surface area contributed by atoms with E-state index in [4.69, 9.17) is 44.6 Å². The molecular weight excluding hydrogens is 431 g/mol. The largest absolute Gasteiger partial charge is 0.507 e. The Morgan fingerprint density at radius 2 is 1.69 bits per heavy atom. The molecule has 0 amide bonds. The number of ether oxygens (including phenoxy) is 1. The number of hydrazone groups is 1. The van der Waals surface area contributed by atoms with Crippen LogP contribution in [-0.4, -0.2) is 15.8 Å². The number of nitrogens with zero attached hydrogens (tertiary/aromatic N) is 2. The van der Waals surface area contributed by atoms with Gasteiger partial charge in [0.1, 0.15) is 11.5 Å². The number of phenols is 1. The molecule has 0 saturated heterocycles. The molecule has 3 aromatic rings. The van der Waals surface area contributed by atoms with E-state index in [0.717, 1.165) is 16.8 Å². The van der Waals surface area contributed by atoms with Crippen molar-refractivity contribution in [3.05, 3.63) is 92.4 Å². The van der Waals surface area contributed by atoms with Gasteiger partial charge in [-0.2, -0.15) is 5.10 Å². The molecule has 2 aliphatic heterocycles. The van der Waals surface area contributed by atoms with Crippen LogP contribution in [0.3, 0.4) is 0 Å². The normalized spacial score (nSPS) is 20.0. The summed E-state index contributed by atoms with van der Waals surface area (Å²) in [5, 5.41) is 18.6. The third-order valence-electron chi connectivity index (χ3n) is 5.17. The first-order valence-electron chi connectivity index (χ1n) is 9.06. The van der Waals surface area contributed by atoms with E-state index >= 15 is 0 Å². The van der Waals surface area contributed by atoms with E-state index in [-0.39, 0.29) is 11.8 Å². The molecule has 0 aliphatic carbocycles. The van der Waals surface area contributed by atoms with E-state index in [1.807, 2.05) is 41.4 Å². The molecule has 1 N–H and O–H groups in total. The molecule has 0 unspecified atom stereocenters. The molecule has 7 heteroatoms. The molecule has 2 aliphatic rings. The van der Waals surface area contributed by atoms with Crippen LogP contribution in [0.15, 0.2) is 65.8 Å². The van der Waals surface area contributed by atoms with Crippen LogP contribution in [0.4, 0.5) is 0 Å². The Balaban J connectivity index is 1.67. The molecule has 29 heavy (non-hydrogen) atoms. The number of benzene rings is 3. The molecule has 0 fully saturated rings. The van der Waals surface area contributed by atoms with Gasteiger partial charge < -0.3 is 9.84 Å². The van der Waals surface area contributed by atoms with Crippen LogP contribution in [0.5, 0.6) is 11.5 Å². The number of aromatic hydroxyl groups is 1. The van der Waals surface area contributed by atoms with E-state index in [2.05, 4.69) is 0 Å². The van der Waals surface area contributed by atoms with Crippen LogP contribution in [0.1, 0.15) is 35.4 Å². The average molecular weight is 446 g/mol. The minimum Gasteiger partial charge on any atom is -0.507 e. The maximum absolute atomic E-state index is 10.5. The van der Waals surface area contributed by atoms with Crippen LogP contribution in [0.25, 0.3) is 0 Å². The van der Waals surface area contributed by atoms with Crippen LogP contribution < -0.4 is 4.74 Å². The Bertz CT molecular complexity index is 1130. The van der Waals surface area contributed by atoms with Crippen molar-refractivity contribution in [2.75, 3.05) is 0 Å². The van der Waals surface area contributed by atoms with Crippen molar-refractivity contribution >= 4 is 40.5 Å². The van der Waals surface area contributed by atoms with Gasteiger partial charge in [0.2, 0.25) is 6.23 Å². The number of phenolic OH excluding ortho intramolecular Hbond substituents is 1. The zero-order valence-electron chi connectivity index (χ0n) is 15.0. The van der Waals surface area contributed by atoms with E-state index in [9.17, 15) is 5.11 Å². The van der Waals surface area contributed by atoms with Crippen molar-refractivity contribution < 1.29 is 9.84 Å². The number of hydrogen-bond acceptors (Lipinski definition) is 4. The van der Waals surface area contributed by atoms with Crippen molar-refractivity contribution in [3.63, 3.8) is 0 Å². The van der Waals surface area contributed by atoms with E-state index in [1.165, 1.54) is 0 Å². The summed E-state index contributed by atoms with van der Waals surface area (Å²) >= 11 is 18.9. The zero-order chi connectivity index (χ0) is 20.1. The third-order valence-corrected chi connectivity index (χ3v) is 5.90. The first kappa shape index (κ1) is 18.6. The number of hydrogen-bond donors (Lipinski definition) is 1. The summed E-state index contributed by atoms with van der Waals surface area (Å²) in [7, 11) is 0. The van der Waals surface area contributed by atoms with E-state index in [0.29, 0.717) is 32.8 Å². The summed E-state index contributed by atoms with van der Waals surface area (Å²) in [6.07, 6.45) is -0.0133. The lowest BCUT2D eigenvalue weighted by Gasteiger charge is -2.38. The number of fused-ring (bicyclic) bond motifs is 3. The Morgan fingerprint density at radius 3 is 2.48 bits per heavy atom. The van der Waals surface area contributed by atoms with Crippen molar-refractivity contribution in [2.24, 2.45) is 5.10 Å². The standard InChI is InChI=1S/C22H15Cl3N2O2/c23-13-6-7-20(28)16(8-13)22-27-19(11-18(26-27)12-4-2-1-3-5-12)15-9-14(24)10-17(25)21(15)29-22/h1-10,19,22,28H,11H2/t19-,22+/m1/s1. The monoisotopic (exact) mass is 444 g/mol. The number of halogens is 3. The van der Waals surface area contributed by atoms with Gasteiger partial charge in [-0.15, -0.1) is 0 Å². The SMILES string of the molecule is Oc1ccc(Cl)cc1[C@@H]1Oc2c(Cl)cc(Cl)cc2[C@H]2CC(c3ccccc3)=NN21. The van der Waals surface area contributed by atoms with Gasteiger partial charge in [-0.1, -0.05) is 65.1 Å². The summed E-state index contributed by atoms with van der Waals surface area (Å²) in [5.41, 5.74) is 3.35. The highest BCUT2D eigenvalue weighted by Gasteiger charge is 2.42. The van der Waals surface area contributed by atoms with Gasteiger partial charge in [0.15, 0.2) is 0 Å². The maximum Gasteiger partial charge on any atom is 0.217 e. The molecule has 0 saturated carbocycles. The third kappa shape index (κ3) is 3.21. The van der Waals surface area contributed by atoms with Gasteiger partial charge in [-0.3, -0.25) is 0 Å². The molecule has 0 radical (unpaired) electrons. The fraction of sp³-hybridized carbons (Fsp3) is 0.136. The highest BCUT2D eigenvalue weighted by atomic mass is 35.5. The second-order valence-electron chi connectivity index (χ2n) is 6.99. The lowest BCUT2D eigenvalue weighted by molar-refractivity contribution is -0.0202. The molecule has 146 valence electrons. The second kappa shape index (κ2) is 7.13. The lowest BCUT2D eigenvalue weighted by atomic mass is 9.95. The van der Waals surface area contributed by atoms with Crippen LogP contribution in [0, 0.1) is 0 Å². The molecule has 5 rings (SSSR count). The molecule has 2 heterocycles. The quantitative estimate of drug-likeness (QED) is 0.483. The van der Waals surface area contributed by atoms with Gasteiger partial charge in [0, 0.05) is 22.0 Å². The van der Waals surface area contributed by atoms with Crippen molar-refractivity contribution in [1.29, 1.82) is 0 Å². The molecule has 2 atom stereocenters. The predicted molar refractivity (Wildman–Crippen MR) is 115 cm³/mol. The molecule has 0 bridgehead atoms. The van der Waals surface area contributed by atoms with Crippen molar-refractivity contribution in [3.8, 4) is 11.5 Å². The molecule has 0 aromatic heterocycles. The predicted octanol–water partition coefficient (Wildman–Crippen LogP) is 6.59. The Labute approximate surface area is 182 Å². The highest BCUT2D eigenvalue weighted by Crippen LogP contribution is 2.51. The molecule has 3 aromatic carbocycles. The van der Waals surface area contributed by atoms with Crippen LogP contribution >= 0.6 is 34.8 Å². The van der Waals surface area contributed by atoms with E-state index in [1.54, 1.807) is 24.3 Å². The summed E-state index contributed by atoms with van der Waals surface area (Å²) in [6.45, 7) is 0. The summed E-state index contributed by atoms with van der Waals surface area (Å²) in [5.74, 6) is 0.626. The van der Waals surface area contributed by atoms with E-state index < -0.39 is 6.23 Å². The Kier molecular flexibility index (Phi) is 4.58. The van der Waals surface area contributed by atoms with Crippen molar-refractivity contribution in [2.45, 2.75) is 18.7 Å². The minimum atomic E-state index is -0.675. The fourth-order valence-electron chi connectivity index (χ4n) is 3.85. The smallest absolute Gasteiger partial charge is 0.217 e. The van der Waals surface area contributed by atoms with Gasteiger partial charge in [-0.25, -0.2) is 5.01 Å². The Hall–Kier alpha value is -2.40. The van der Waals surface area contributed by atoms with Gasteiger partial charge in [-0.05, 0) is 35.9 Å². The van der Waals surface area contributed by atoms with Gasteiger partial charge >= 0.3 is 0 Å². The van der Waals surface area contributed by atoms with Gasteiger partial charge in [0.05, 0.1) is 22.3 Å². The topological polar surface area (TPSA) is 45.1 Å². The fourth-order valence-corrected chi connectivity index (χ4v) is 4.58. The van der Waals surface area contributed by atoms with Crippen molar-refractivity contribution in [1.82, 2.24) is 5.01 Å². The average Bonchev–Trinajstić information content (AvgIpc) is 3.16. The molecule has 0 spiro atoms. The number of rotatable bonds is 2. The maximum atomic E-state index is 10.5. The Morgan fingerprint density at radius 1 is 0.931 bits per heavy atom. The van der Waals surface area contributed by atoms with Crippen LogP contribution in [0.2, 0.25) is 15.1 Å². The summed E-state index contributed by atoms with van der Waals surface area (Å²) in [4.78, 5) is 0. The minimum absolute atomic E-state index is 0.0787. The summed E-state index contributed by atoms with van der Waals surface area (Å²) in [6, 6.07) is 18.2.